The lowest BCUT2D eigenvalue weighted by Gasteiger charge is -2.12. The summed E-state index contributed by atoms with van der Waals surface area (Å²) in [7, 11) is 0. The molecule has 3 N–H and O–H groups in total. The van der Waals surface area contributed by atoms with Gasteiger partial charge < -0.3 is 10.6 Å². The fraction of sp³-hybridized carbons (Fsp3) is 0.235. The van der Waals surface area contributed by atoms with Crippen LogP contribution in [0.4, 0.5) is 5.69 Å². The van der Waals surface area contributed by atoms with Crippen molar-refractivity contribution >= 4 is 34.8 Å². The number of halogens is 2. The first-order valence-electron chi connectivity index (χ1n) is 7.10. The van der Waals surface area contributed by atoms with Gasteiger partial charge in [0, 0.05) is 10.6 Å². The van der Waals surface area contributed by atoms with Crippen molar-refractivity contribution < 1.29 is 10.1 Å². The highest BCUT2D eigenvalue weighted by atomic mass is 35.5. The number of nitrogens with two attached hydrogens (primary N) is 1. The Labute approximate surface area is 140 Å². The van der Waals surface area contributed by atoms with Crippen molar-refractivity contribution in [2.75, 3.05) is 11.9 Å². The molecule has 0 saturated carbocycles. The van der Waals surface area contributed by atoms with E-state index in [9.17, 15) is 4.79 Å². The van der Waals surface area contributed by atoms with Crippen molar-refractivity contribution in [2.24, 2.45) is 0 Å². The van der Waals surface area contributed by atoms with E-state index in [4.69, 9.17) is 23.2 Å². The van der Waals surface area contributed by atoms with Gasteiger partial charge in [0.1, 0.15) is 6.04 Å². The number of quaternary nitrogens is 1. The van der Waals surface area contributed by atoms with Crippen LogP contribution in [0.1, 0.15) is 24.1 Å². The van der Waals surface area contributed by atoms with Crippen LogP contribution in [0, 0.1) is 6.92 Å². The van der Waals surface area contributed by atoms with E-state index in [0.29, 0.717) is 22.3 Å². The normalized spacial score (nSPS) is 12.0. The van der Waals surface area contributed by atoms with Gasteiger partial charge in [0.15, 0.2) is 6.54 Å². The molecular weight excluding hydrogens is 319 g/mol. The molecule has 0 aliphatic rings. The van der Waals surface area contributed by atoms with Crippen molar-refractivity contribution in [3.8, 4) is 0 Å². The molecule has 0 radical (unpaired) electrons. The fourth-order valence-electron chi connectivity index (χ4n) is 2.13. The summed E-state index contributed by atoms with van der Waals surface area (Å²) in [5, 5.41) is 6.04. The first kappa shape index (κ1) is 16.8. The molecule has 1 atom stereocenters. The van der Waals surface area contributed by atoms with Crippen LogP contribution in [-0.4, -0.2) is 12.5 Å². The maximum Gasteiger partial charge on any atom is 0.279 e. The number of anilines is 1. The Kier molecular flexibility index (Phi) is 5.83. The predicted octanol–water partition coefficient (Wildman–Crippen LogP) is 3.56. The van der Waals surface area contributed by atoms with E-state index in [1.807, 2.05) is 61.6 Å². The third-order valence-corrected chi connectivity index (χ3v) is 3.98. The number of carbonyl (C=O) groups excluding carboxylic acids is 1. The van der Waals surface area contributed by atoms with Crippen LogP contribution in [0.3, 0.4) is 0 Å². The summed E-state index contributed by atoms with van der Waals surface area (Å²) in [5.41, 5.74) is 2.79. The monoisotopic (exact) mass is 337 g/mol. The highest BCUT2D eigenvalue weighted by molar-refractivity contribution is 6.33. The smallest absolute Gasteiger partial charge is 0.279 e. The van der Waals surface area contributed by atoms with Gasteiger partial charge in [-0.2, -0.15) is 0 Å². The number of nitrogens with one attached hydrogen (secondary N) is 1. The largest absolute Gasteiger partial charge is 0.333 e. The number of hydrogen-bond acceptors (Lipinski definition) is 1. The van der Waals surface area contributed by atoms with Crippen molar-refractivity contribution in [3.05, 3.63) is 63.6 Å². The van der Waals surface area contributed by atoms with Gasteiger partial charge >= 0.3 is 0 Å². The summed E-state index contributed by atoms with van der Waals surface area (Å²) in [6.07, 6.45) is 0. The maximum atomic E-state index is 12.0. The van der Waals surface area contributed by atoms with Crippen LogP contribution >= 0.6 is 23.2 Å². The van der Waals surface area contributed by atoms with Crippen LogP contribution < -0.4 is 10.6 Å². The molecule has 0 fully saturated rings. The Morgan fingerprint density at radius 1 is 1.23 bits per heavy atom. The molecule has 0 bridgehead atoms. The fourth-order valence-corrected chi connectivity index (χ4v) is 2.61. The number of rotatable bonds is 5. The number of carbonyl (C=O) groups is 1. The molecule has 0 saturated heterocycles. The zero-order chi connectivity index (χ0) is 16.1. The van der Waals surface area contributed by atoms with Gasteiger partial charge in [-0.05, 0) is 43.7 Å². The zero-order valence-corrected chi connectivity index (χ0v) is 14.1. The van der Waals surface area contributed by atoms with E-state index < -0.39 is 0 Å². The van der Waals surface area contributed by atoms with Crippen LogP contribution in [0.5, 0.6) is 0 Å². The van der Waals surface area contributed by atoms with E-state index in [-0.39, 0.29) is 11.9 Å². The molecule has 0 aliphatic carbocycles. The summed E-state index contributed by atoms with van der Waals surface area (Å²) >= 11 is 12.1. The Morgan fingerprint density at radius 2 is 2.00 bits per heavy atom. The summed E-state index contributed by atoms with van der Waals surface area (Å²) in [6.45, 7) is 4.31. The summed E-state index contributed by atoms with van der Waals surface area (Å²) in [5.74, 6) is -0.0837. The second-order valence-corrected chi connectivity index (χ2v) is 6.16. The zero-order valence-electron chi connectivity index (χ0n) is 12.6. The number of hydrogen-bond donors (Lipinski definition) is 2. The molecule has 1 amide bonds. The maximum absolute atomic E-state index is 12.0. The number of benzene rings is 2. The van der Waals surface area contributed by atoms with Crippen LogP contribution in [0.15, 0.2) is 42.5 Å². The molecule has 116 valence electrons. The highest BCUT2D eigenvalue weighted by Gasteiger charge is 2.13. The Bertz CT molecular complexity index is 673. The first-order chi connectivity index (χ1) is 10.5. The summed E-state index contributed by atoms with van der Waals surface area (Å²) < 4.78 is 0. The molecule has 3 nitrogen and oxygen atoms in total. The van der Waals surface area contributed by atoms with Gasteiger partial charge in [0.05, 0.1) is 10.7 Å². The molecule has 0 heterocycles. The lowest BCUT2D eigenvalue weighted by molar-refractivity contribution is -0.682. The van der Waals surface area contributed by atoms with E-state index in [1.165, 1.54) is 0 Å². The highest BCUT2D eigenvalue weighted by Crippen LogP contribution is 2.22. The molecular formula is C17H19Cl2N2O+. The first-order valence-corrected chi connectivity index (χ1v) is 7.86. The minimum atomic E-state index is -0.0837. The van der Waals surface area contributed by atoms with E-state index >= 15 is 0 Å². The second kappa shape index (κ2) is 7.63. The molecule has 0 spiro atoms. The predicted molar refractivity (Wildman–Crippen MR) is 91.5 cm³/mol. The Hall–Kier alpha value is -1.55. The van der Waals surface area contributed by atoms with Crippen molar-refractivity contribution in [1.82, 2.24) is 0 Å². The molecule has 0 aliphatic heterocycles. The lowest BCUT2D eigenvalue weighted by atomic mass is 10.1. The number of aryl methyl sites for hydroxylation is 1. The van der Waals surface area contributed by atoms with Gasteiger partial charge in [-0.25, -0.2) is 0 Å². The van der Waals surface area contributed by atoms with Crippen LogP contribution in [-0.2, 0) is 4.79 Å². The second-order valence-electron chi connectivity index (χ2n) is 5.31. The SMILES string of the molecule is Cc1ccc(NC(=O)C[NH2+][C@@H](C)c2cccc(Cl)c2)c(Cl)c1. The Balaban J connectivity index is 1.90. The van der Waals surface area contributed by atoms with E-state index in [2.05, 4.69) is 5.32 Å². The average Bonchev–Trinajstić information content (AvgIpc) is 2.47. The van der Waals surface area contributed by atoms with E-state index in [1.54, 1.807) is 0 Å². The molecule has 0 unspecified atom stereocenters. The third kappa shape index (κ3) is 4.73. The Morgan fingerprint density at radius 3 is 2.68 bits per heavy atom. The lowest BCUT2D eigenvalue weighted by Crippen LogP contribution is -2.86. The van der Waals surface area contributed by atoms with Crippen LogP contribution in [0.2, 0.25) is 10.0 Å². The molecule has 0 aromatic heterocycles. The van der Waals surface area contributed by atoms with Gasteiger partial charge in [-0.1, -0.05) is 41.4 Å². The molecule has 2 aromatic carbocycles. The van der Waals surface area contributed by atoms with Crippen molar-refractivity contribution in [3.63, 3.8) is 0 Å². The minimum absolute atomic E-state index is 0.0837. The van der Waals surface area contributed by atoms with Gasteiger partial charge in [0.2, 0.25) is 0 Å². The summed E-state index contributed by atoms with van der Waals surface area (Å²) in [4.78, 5) is 12.0. The quantitative estimate of drug-likeness (QED) is 0.860. The van der Waals surface area contributed by atoms with Gasteiger partial charge in [-0.3, -0.25) is 4.79 Å². The van der Waals surface area contributed by atoms with Gasteiger partial charge in [0.25, 0.3) is 5.91 Å². The van der Waals surface area contributed by atoms with Crippen molar-refractivity contribution in [1.29, 1.82) is 0 Å². The van der Waals surface area contributed by atoms with Gasteiger partial charge in [-0.15, -0.1) is 0 Å². The topological polar surface area (TPSA) is 45.7 Å². The average molecular weight is 338 g/mol. The molecule has 2 rings (SSSR count). The third-order valence-electron chi connectivity index (χ3n) is 3.43. The van der Waals surface area contributed by atoms with E-state index in [0.717, 1.165) is 11.1 Å². The standard InChI is InChI=1S/C17H18Cl2N2O/c1-11-6-7-16(15(19)8-11)21-17(22)10-20-12(2)13-4-3-5-14(18)9-13/h3-9,12,20H,10H2,1-2H3,(H,21,22)/p+1/t12-/m0/s1. The molecule has 5 heteroatoms. The van der Waals surface area contributed by atoms with Crippen molar-refractivity contribution in [2.45, 2.75) is 19.9 Å². The summed E-state index contributed by atoms with van der Waals surface area (Å²) in [6, 6.07) is 13.4. The number of amides is 1. The van der Waals surface area contributed by atoms with Crippen LogP contribution in [0.25, 0.3) is 0 Å². The minimum Gasteiger partial charge on any atom is -0.333 e. The molecule has 2 aromatic rings. The molecule has 22 heavy (non-hydrogen) atoms.